The first-order chi connectivity index (χ1) is 14.5. The normalized spacial score (nSPS) is 22.2. The minimum atomic E-state index is -1.14. The van der Waals surface area contributed by atoms with Crippen LogP contribution in [0.3, 0.4) is 0 Å². The number of benzene rings is 1. The Morgan fingerprint density at radius 3 is 2.58 bits per heavy atom. The summed E-state index contributed by atoms with van der Waals surface area (Å²) < 4.78 is 39.7. The van der Waals surface area contributed by atoms with Gasteiger partial charge in [0.25, 0.3) is 5.91 Å². The number of rotatable bonds is 5. The fourth-order valence-corrected chi connectivity index (χ4v) is 3.84. The highest BCUT2D eigenvalue weighted by Crippen LogP contribution is 2.49. The molecule has 0 spiro atoms. The van der Waals surface area contributed by atoms with Gasteiger partial charge in [-0.15, -0.1) is 0 Å². The van der Waals surface area contributed by atoms with Crippen molar-refractivity contribution in [1.29, 1.82) is 0 Å². The lowest BCUT2D eigenvalue weighted by Crippen LogP contribution is -2.40. The average Bonchev–Trinajstić information content (AvgIpc) is 2.94. The van der Waals surface area contributed by atoms with E-state index in [0.717, 1.165) is 12.3 Å². The molecule has 1 aliphatic rings. The van der Waals surface area contributed by atoms with Crippen molar-refractivity contribution in [1.82, 2.24) is 0 Å². The van der Waals surface area contributed by atoms with E-state index in [0.29, 0.717) is 10.3 Å². The molecule has 166 valence electrons. The van der Waals surface area contributed by atoms with Gasteiger partial charge < -0.3 is 20.5 Å². The number of nitrogens with one attached hydrogen (secondary N) is 1. The second-order valence-electron chi connectivity index (χ2n) is 7.94. The summed E-state index contributed by atoms with van der Waals surface area (Å²) in [6.45, 7) is 5.44. The molecular formula is C21H24F2N3O5+. The van der Waals surface area contributed by atoms with Gasteiger partial charge in [0.1, 0.15) is 6.10 Å². The van der Waals surface area contributed by atoms with Crippen molar-refractivity contribution in [3.05, 3.63) is 53.4 Å². The maximum Gasteiger partial charge on any atom is 0.323 e. The molecule has 1 fully saturated rings. The molecule has 1 aliphatic heterocycles. The fourth-order valence-electron chi connectivity index (χ4n) is 3.84. The summed E-state index contributed by atoms with van der Waals surface area (Å²) in [4.78, 5) is 24.6. The van der Waals surface area contributed by atoms with Crippen molar-refractivity contribution in [3.8, 4) is 5.75 Å². The van der Waals surface area contributed by atoms with E-state index in [4.69, 9.17) is 15.2 Å². The molecule has 0 saturated carbocycles. The lowest BCUT2D eigenvalue weighted by atomic mass is 9.78. The van der Waals surface area contributed by atoms with Crippen LogP contribution in [0.15, 0.2) is 30.5 Å². The SMILES string of the molecule is COc1c([C@@H]2[C@@H](C(=O)Nc3cc[n+](O)c(C(N)=O)c3)OC(C)(C)[C@@H]2C)ccc(F)c1F. The molecule has 4 N–H and O–H groups in total. The van der Waals surface area contributed by atoms with Crippen LogP contribution in [-0.2, 0) is 9.53 Å². The standard InChI is InChI=1S/C21H23F2N3O5/c1-10-15(12-5-6-13(22)16(23)17(12)30-4)18(31-21(10,2)3)20(28)25-11-7-8-26(29)14(9-11)19(24)27/h5-10,15,18,29H,1-4H3,(H2,24,27)/p+1/t10-,15-,18+/m1/s1. The molecule has 10 heteroatoms. The minimum absolute atomic E-state index is 0.195. The first-order valence-corrected chi connectivity index (χ1v) is 9.53. The molecule has 8 nitrogen and oxygen atoms in total. The Morgan fingerprint density at radius 2 is 1.97 bits per heavy atom. The van der Waals surface area contributed by atoms with Crippen molar-refractivity contribution < 1.29 is 37.8 Å². The topological polar surface area (TPSA) is 115 Å². The number of nitrogens with two attached hydrogens (primary N) is 1. The Kier molecular flexibility index (Phi) is 5.86. The molecule has 1 aromatic heterocycles. The van der Waals surface area contributed by atoms with Gasteiger partial charge in [0.15, 0.2) is 11.6 Å². The third-order valence-electron chi connectivity index (χ3n) is 5.75. The molecule has 2 amide bonds. The van der Waals surface area contributed by atoms with Crippen LogP contribution >= 0.6 is 0 Å². The molecule has 0 aliphatic carbocycles. The van der Waals surface area contributed by atoms with E-state index < -0.39 is 41.1 Å². The van der Waals surface area contributed by atoms with Gasteiger partial charge in [0.05, 0.1) is 18.4 Å². The van der Waals surface area contributed by atoms with Crippen molar-refractivity contribution in [2.45, 2.75) is 38.4 Å². The number of hydrogen-bond acceptors (Lipinski definition) is 5. The van der Waals surface area contributed by atoms with E-state index in [1.807, 2.05) is 6.92 Å². The number of carbonyl (C=O) groups excluding carboxylic acids is 2. The third-order valence-corrected chi connectivity index (χ3v) is 5.75. The van der Waals surface area contributed by atoms with Crippen molar-refractivity contribution in [3.63, 3.8) is 0 Å². The van der Waals surface area contributed by atoms with Crippen LogP contribution in [-0.4, -0.2) is 35.8 Å². The van der Waals surface area contributed by atoms with Crippen LogP contribution in [0.1, 0.15) is 42.7 Å². The largest absolute Gasteiger partial charge is 0.493 e. The van der Waals surface area contributed by atoms with Crippen LogP contribution in [0.2, 0.25) is 0 Å². The Hall–Kier alpha value is -3.27. The summed E-state index contributed by atoms with van der Waals surface area (Å²) in [5.74, 6) is -4.87. The Bertz CT molecular complexity index is 1040. The molecule has 0 unspecified atom stereocenters. The highest BCUT2D eigenvalue weighted by Gasteiger charge is 2.51. The van der Waals surface area contributed by atoms with Crippen molar-refractivity contribution in [2.75, 3.05) is 12.4 Å². The number of carbonyl (C=O) groups is 2. The van der Waals surface area contributed by atoms with Gasteiger partial charge in [0.2, 0.25) is 12.0 Å². The second-order valence-corrected chi connectivity index (χ2v) is 7.94. The van der Waals surface area contributed by atoms with E-state index in [9.17, 15) is 23.6 Å². The minimum Gasteiger partial charge on any atom is -0.493 e. The third kappa shape index (κ3) is 4.02. The first-order valence-electron chi connectivity index (χ1n) is 9.53. The van der Waals surface area contributed by atoms with Crippen LogP contribution in [0, 0.1) is 17.6 Å². The van der Waals surface area contributed by atoms with E-state index in [1.54, 1.807) is 13.8 Å². The zero-order valence-corrected chi connectivity index (χ0v) is 17.5. The van der Waals surface area contributed by atoms with Crippen molar-refractivity contribution >= 4 is 17.5 Å². The van der Waals surface area contributed by atoms with Crippen LogP contribution in [0.5, 0.6) is 5.75 Å². The van der Waals surface area contributed by atoms with Gasteiger partial charge in [-0.05, 0) is 25.8 Å². The number of ether oxygens (including phenoxy) is 2. The van der Waals surface area contributed by atoms with Gasteiger partial charge >= 0.3 is 11.6 Å². The summed E-state index contributed by atoms with van der Waals surface area (Å²) in [6.07, 6.45) is 0.0791. The van der Waals surface area contributed by atoms with E-state index in [-0.39, 0.29) is 23.0 Å². The Labute approximate surface area is 177 Å². The predicted octanol–water partition coefficient (Wildman–Crippen LogP) is 2.13. The van der Waals surface area contributed by atoms with Gasteiger partial charge in [-0.25, -0.2) is 4.39 Å². The highest BCUT2D eigenvalue weighted by atomic mass is 19.2. The number of hydrogen-bond donors (Lipinski definition) is 3. The maximum absolute atomic E-state index is 14.4. The number of primary amides is 1. The molecule has 1 saturated heterocycles. The maximum atomic E-state index is 14.4. The number of anilines is 1. The smallest absolute Gasteiger partial charge is 0.323 e. The summed E-state index contributed by atoms with van der Waals surface area (Å²) in [5.41, 5.74) is 4.71. The van der Waals surface area contributed by atoms with Gasteiger partial charge in [-0.2, -0.15) is 4.39 Å². The number of amides is 2. The molecular weight excluding hydrogens is 412 g/mol. The quantitative estimate of drug-likeness (QED) is 0.491. The van der Waals surface area contributed by atoms with Gasteiger partial charge in [-0.1, -0.05) is 13.0 Å². The van der Waals surface area contributed by atoms with E-state index >= 15 is 0 Å². The first kappa shape index (κ1) is 22.4. The van der Waals surface area contributed by atoms with Gasteiger partial charge in [0, 0.05) is 28.3 Å². The fraction of sp³-hybridized carbons (Fsp3) is 0.381. The molecule has 31 heavy (non-hydrogen) atoms. The monoisotopic (exact) mass is 436 g/mol. The molecule has 2 aromatic rings. The van der Waals surface area contributed by atoms with Crippen molar-refractivity contribution in [2.24, 2.45) is 11.7 Å². The van der Waals surface area contributed by atoms with Crippen LogP contribution in [0.25, 0.3) is 0 Å². The van der Waals surface area contributed by atoms with Gasteiger partial charge in [-0.3, -0.25) is 14.8 Å². The summed E-state index contributed by atoms with van der Waals surface area (Å²) >= 11 is 0. The Balaban J connectivity index is 1.99. The van der Waals surface area contributed by atoms with E-state index in [1.165, 1.54) is 25.3 Å². The molecule has 3 rings (SSSR count). The molecule has 3 atom stereocenters. The predicted molar refractivity (Wildman–Crippen MR) is 105 cm³/mol. The number of methoxy groups -OCH3 is 1. The number of aromatic nitrogens is 1. The highest BCUT2D eigenvalue weighted by molar-refractivity contribution is 5.97. The second kappa shape index (κ2) is 8.10. The summed E-state index contributed by atoms with van der Waals surface area (Å²) in [6, 6.07) is 4.93. The zero-order valence-electron chi connectivity index (χ0n) is 17.5. The molecule has 0 bridgehead atoms. The van der Waals surface area contributed by atoms with Crippen LogP contribution in [0.4, 0.5) is 14.5 Å². The Morgan fingerprint density at radius 1 is 1.29 bits per heavy atom. The lowest BCUT2D eigenvalue weighted by Gasteiger charge is -2.25. The summed E-state index contributed by atoms with van der Waals surface area (Å²) in [5, 5.41) is 12.3. The number of halogens is 2. The molecule has 2 heterocycles. The number of pyridine rings is 1. The van der Waals surface area contributed by atoms with Crippen LogP contribution < -0.4 is 20.5 Å². The van der Waals surface area contributed by atoms with E-state index in [2.05, 4.69) is 5.32 Å². The number of nitrogens with zero attached hydrogens (tertiary/aromatic N) is 1. The molecule has 1 aromatic carbocycles. The molecule has 0 radical (unpaired) electrons. The zero-order chi connectivity index (χ0) is 23.1. The lowest BCUT2D eigenvalue weighted by molar-refractivity contribution is -0.905. The average molecular weight is 436 g/mol. The summed E-state index contributed by atoms with van der Waals surface area (Å²) in [7, 11) is 1.22.